The van der Waals surface area contributed by atoms with Crippen LogP contribution in [0.3, 0.4) is 0 Å². The number of carbonyl (C=O) groups is 3. The minimum atomic E-state index is -1.15. The molecule has 7 nitrogen and oxygen atoms in total. The van der Waals surface area contributed by atoms with Gasteiger partial charge >= 0.3 is 17.9 Å². The van der Waals surface area contributed by atoms with Crippen molar-refractivity contribution in [1.82, 2.24) is 0 Å². The summed E-state index contributed by atoms with van der Waals surface area (Å²) in [6, 6.07) is 5.88. The maximum Gasteiger partial charge on any atom is 0.308 e. The zero-order valence-electron chi connectivity index (χ0n) is 11.7. The molecule has 7 heteroatoms. The number of rotatable bonds is 4. The molecule has 0 aromatic heterocycles. The minimum absolute atomic E-state index is 0.0287. The van der Waals surface area contributed by atoms with Gasteiger partial charge in [0.2, 0.25) is 6.10 Å². The zero-order valence-corrected chi connectivity index (χ0v) is 11.7. The van der Waals surface area contributed by atoms with Gasteiger partial charge in [0.1, 0.15) is 6.07 Å². The highest BCUT2D eigenvalue weighted by molar-refractivity contribution is 5.74. The fourth-order valence-electron chi connectivity index (χ4n) is 1.50. The number of nitrogens with zero attached hydrogens (tertiary/aromatic N) is 1. The molecule has 1 rings (SSSR count). The van der Waals surface area contributed by atoms with Crippen LogP contribution in [0, 0.1) is 11.3 Å². The first-order chi connectivity index (χ1) is 9.83. The van der Waals surface area contributed by atoms with Crippen LogP contribution in [-0.4, -0.2) is 17.9 Å². The Bertz CT molecular complexity index is 616. The minimum Gasteiger partial charge on any atom is -0.442 e. The summed E-state index contributed by atoms with van der Waals surface area (Å²) < 4.78 is 14.6. The maximum absolute atomic E-state index is 11.1. The number of hydrogen-bond acceptors (Lipinski definition) is 7. The zero-order chi connectivity index (χ0) is 16.0. The molecular weight excluding hydrogens is 278 g/mol. The molecule has 0 radical (unpaired) electrons. The smallest absolute Gasteiger partial charge is 0.308 e. The molecule has 0 bridgehead atoms. The summed E-state index contributed by atoms with van der Waals surface area (Å²) in [5.41, 5.74) is 0.292. The second kappa shape index (κ2) is 7.05. The Morgan fingerprint density at radius 1 is 1.00 bits per heavy atom. The molecule has 0 aliphatic heterocycles. The first kappa shape index (κ1) is 16.2. The number of nitriles is 1. The number of hydrogen-bond donors (Lipinski definition) is 0. The molecular formula is C14H13NO6. The summed E-state index contributed by atoms with van der Waals surface area (Å²) in [6.07, 6.45) is -1.15. The van der Waals surface area contributed by atoms with E-state index in [0.29, 0.717) is 5.56 Å². The van der Waals surface area contributed by atoms with Crippen LogP contribution in [-0.2, 0) is 19.1 Å². The third-order valence-corrected chi connectivity index (χ3v) is 2.18. The standard InChI is InChI=1S/C14H13NO6/c1-8(16)19-12-5-4-11(6-13(12)20-9(2)17)14(7-15)21-10(3)18/h4-6,14H,1-3H3. The third-order valence-electron chi connectivity index (χ3n) is 2.18. The monoisotopic (exact) mass is 291 g/mol. The highest BCUT2D eigenvalue weighted by Gasteiger charge is 2.18. The summed E-state index contributed by atoms with van der Waals surface area (Å²) in [6.45, 7) is 3.55. The molecule has 1 aromatic rings. The Morgan fingerprint density at radius 3 is 2.05 bits per heavy atom. The van der Waals surface area contributed by atoms with E-state index in [0.717, 1.165) is 0 Å². The van der Waals surface area contributed by atoms with Crippen molar-refractivity contribution in [2.45, 2.75) is 26.9 Å². The van der Waals surface area contributed by atoms with Crippen molar-refractivity contribution in [3.05, 3.63) is 23.8 Å². The second-order valence-electron chi connectivity index (χ2n) is 4.01. The lowest BCUT2D eigenvalue weighted by Gasteiger charge is -2.13. The molecule has 1 unspecified atom stereocenters. The molecule has 0 saturated heterocycles. The van der Waals surface area contributed by atoms with Gasteiger partial charge in [-0.15, -0.1) is 0 Å². The van der Waals surface area contributed by atoms with Gasteiger partial charge < -0.3 is 14.2 Å². The van der Waals surface area contributed by atoms with Gasteiger partial charge in [-0.25, -0.2) is 0 Å². The third kappa shape index (κ3) is 4.95. The lowest BCUT2D eigenvalue weighted by Crippen LogP contribution is -2.10. The fourth-order valence-corrected chi connectivity index (χ4v) is 1.50. The predicted molar refractivity (Wildman–Crippen MR) is 69.2 cm³/mol. The van der Waals surface area contributed by atoms with E-state index in [1.54, 1.807) is 6.07 Å². The molecule has 1 aromatic carbocycles. The summed E-state index contributed by atoms with van der Waals surface area (Å²) in [7, 11) is 0. The van der Waals surface area contributed by atoms with Crippen LogP contribution in [0.15, 0.2) is 18.2 Å². The van der Waals surface area contributed by atoms with Crippen LogP contribution in [0.2, 0.25) is 0 Å². The topological polar surface area (TPSA) is 103 Å². The van der Waals surface area contributed by atoms with E-state index in [4.69, 9.17) is 19.5 Å². The van der Waals surface area contributed by atoms with Gasteiger partial charge in [-0.2, -0.15) is 5.26 Å². The van der Waals surface area contributed by atoms with Crippen molar-refractivity contribution in [3.63, 3.8) is 0 Å². The van der Waals surface area contributed by atoms with Gasteiger partial charge in [0, 0.05) is 26.3 Å². The van der Waals surface area contributed by atoms with Crippen LogP contribution in [0.25, 0.3) is 0 Å². The molecule has 0 fully saturated rings. The van der Waals surface area contributed by atoms with Crippen molar-refractivity contribution in [3.8, 4) is 17.6 Å². The van der Waals surface area contributed by atoms with Crippen LogP contribution in [0.1, 0.15) is 32.4 Å². The van der Waals surface area contributed by atoms with Gasteiger partial charge in [-0.05, 0) is 12.1 Å². The molecule has 0 aliphatic rings. The number of carbonyl (C=O) groups excluding carboxylic acids is 3. The van der Waals surface area contributed by atoms with Crippen molar-refractivity contribution in [2.75, 3.05) is 0 Å². The second-order valence-corrected chi connectivity index (χ2v) is 4.01. The molecule has 0 saturated carbocycles. The number of benzene rings is 1. The molecule has 21 heavy (non-hydrogen) atoms. The molecule has 0 spiro atoms. The average Bonchev–Trinajstić information content (AvgIpc) is 2.36. The average molecular weight is 291 g/mol. The van der Waals surface area contributed by atoms with Crippen LogP contribution >= 0.6 is 0 Å². The number of ether oxygens (including phenoxy) is 3. The predicted octanol–water partition coefficient (Wildman–Crippen LogP) is 1.66. The summed E-state index contributed by atoms with van der Waals surface area (Å²) >= 11 is 0. The molecule has 0 heterocycles. The van der Waals surface area contributed by atoms with Crippen LogP contribution in [0.5, 0.6) is 11.5 Å². The van der Waals surface area contributed by atoms with Crippen molar-refractivity contribution in [2.24, 2.45) is 0 Å². The largest absolute Gasteiger partial charge is 0.442 e. The van der Waals surface area contributed by atoms with E-state index in [1.807, 2.05) is 0 Å². The van der Waals surface area contributed by atoms with Crippen molar-refractivity contribution in [1.29, 1.82) is 5.26 Å². The maximum atomic E-state index is 11.1. The Hall–Kier alpha value is -2.88. The highest BCUT2D eigenvalue weighted by atomic mass is 16.6. The van der Waals surface area contributed by atoms with E-state index < -0.39 is 24.0 Å². The normalized spacial score (nSPS) is 11.0. The summed E-state index contributed by atoms with van der Waals surface area (Å²) in [5.74, 6) is -1.85. The van der Waals surface area contributed by atoms with Crippen LogP contribution < -0.4 is 9.47 Å². The van der Waals surface area contributed by atoms with E-state index in [2.05, 4.69) is 0 Å². The lowest BCUT2D eigenvalue weighted by atomic mass is 10.1. The lowest BCUT2D eigenvalue weighted by molar-refractivity contribution is -0.144. The van der Waals surface area contributed by atoms with E-state index >= 15 is 0 Å². The SMILES string of the molecule is CC(=O)Oc1ccc(C(C#N)OC(C)=O)cc1OC(C)=O. The molecule has 0 aliphatic carbocycles. The van der Waals surface area contributed by atoms with Crippen molar-refractivity contribution < 1.29 is 28.6 Å². The summed E-state index contributed by atoms with van der Waals surface area (Å²) in [5, 5.41) is 9.00. The van der Waals surface area contributed by atoms with Gasteiger partial charge in [0.05, 0.1) is 0 Å². The van der Waals surface area contributed by atoms with Gasteiger partial charge in [-0.1, -0.05) is 6.07 Å². The molecule has 110 valence electrons. The van der Waals surface area contributed by atoms with E-state index in [1.165, 1.54) is 39.0 Å². The first-order valence-electron chi connectivity index (χ1n) is 5.91. The first-order valence-corrected chi connectivity index (χ1v) is 5.91. The number of esters is 3. The van der Waals surface area contributed by atoms with Gasteiger partial charge in [0.25, 0.3) is 0 Å². The molecule has 1 atom stereocenters. The molecule has 0 amide bonds. The Labute approximate surface area is 121 Å². The highest BCUT2D eigenvalue weighted by Crippen LogP contribution is 2.32. The Kier molecular flexibility index (Phi) is 5.43. The quantitative estimate of drug-likeness (QED) is 0.614. The molecule has 0 N–H and O–H groups in total. The van der Waals surface area contributed by atoms with Crippen LogP contribution in [0.4, 0.5) is 0 Å². The van der Waals surface area contributed by atoms with E-state index in [-0.39, 0.29) is 11.5 Å². The van der Waals surface area contributed by atoms with Crippen molar-refractivity contribution >= 4 is 17.9 Å². The van der Waals surface area contributed by atoms with Gasteiger partial charge in [-0.3, -0.25) is 14.4 Å². The Morgan fingerprint density at radius 2 is 1.57 bits per heavy atom. The fraction of sp³-hybridized carbons (Fsp3) is 0.286. The van der Waals surface area contributed by atoms with E-state index in [9.17, 15) is 14.4 Å². The summed E-state index contributed by atoms with van der Waals surface area (Å²) in [4.78, 5) is 33.0. The Balaban J connectivity index is 3.19. The van der Waals surface area contributed by atoms with Gasteiger partial charge in [0.15, 0.2) is 11.5 Å².